The Morgan fingerprint density at radius 1 is 1.03 bits per heavy atom. The predicted octanol–water partition coefficient (Wildman–Crippen LogP) is 4.87. The van der Waals surface area contributed by atoms with E-state index in [1.54, 1.807) is 0 Å². The monoisotopic (exact) mass is 496 g/mol. The van der Waals surface area contributed by atoms with Gasteiger partial charge in [0.1, 0.15) is 6.61 Å². The van der Waals surface area contributed by atoms with Gasteiger partial charge in [-0.2, -0.15) is 0 Å². The van der Waals surface area contributed by atoms with Gasteiger partial charge in [-0.05, 0) is 119 Å². The van der Waals surface area contributed by atoms with E-state index in [1.165, 1.54) is 19.3 Å². The summed E-state index contributed by atoms with van der Waals surface area (Å²) in [5.74, 6) is 2.28. The van der Waals surface area contributed by atoms with Crippen molar-refractivity contribution in [2.24, 2.45) is 51.9 Å². The van der Waals surface area contributed by atoms with E-state index in [0.29, 0.717) is 42.1 Å². The Kier molecular flexibility index (Phi) is 8.07. The first-order valence-corrected chi connectivity index (χ1v) is 15.3. The van der Waals surface area contributed by atoms with Gasteiger partial charge in [0.2, 0.25) is 8.03 Å². The van der Waals surface area contributed by atoms with Crippen LogP contribution in [0.4, 0.5) is 0 Å². The van der Waals surface area contributed by atoms with E-state index in [2.05, 4.69) is 13.8 Å². The Bertz CT molecular complexity index is 776. The number of hydrogen-bond acceptors (Lipinski definition) is 6. The molecule has 0 aromatic carbocycles. The van der Waals surface area contributed by atoms with Crippen molar-refractivity contribution >= 4 is 13.8 Å². The van der Waals surface area contributed by atoms with Gasteiger partial charge in [0.25, 0.3) is 0 Å². The lowest BCUT2D eigenvalue weighted by Crippen LogP contribution is -2.55. The molecule has 0 aliphatic heterocycles. The maximum atomic E-state index is 13.3. The SMILES string of the molecule is C[C@@]1(O)CC[C@@]2(C)C(CC[C@@H]3C2CC[C@]2(C)[C@@H](C(=O)CO[PH](=O)C(N)CCCCN)CC[C@@H]32)C1. The first kappa shape index (κ1) is 26.8. The third-order valence-corrected chi connectivity index (χ3v) is 12.3. The van der Waals surface area contributed by atoms with Crippen LogP contribution in [0, 0.1) is 40.4 Å². The van der Waals surface area contributed by atoms with Gasteiger partial charge in [-0.1, -0.05) is 20.3 Å². The minimum atomic E-state index is -2.42. The Morgan fingerprint density at radius 2 is 1.76 bits per heavy atom. The second-order valence-corrected chi connectivity index (χ2v) is 14.7. The summed E-state index contributed by atoms with van der Waals surface area (Å²) in [6.45, 7) is 7.43. The standard InChI is InChI=1S/C27H49N2O4P/c1-25(31)13-14-26(2)18(16-25)7-8-19-20-9-10-22(27(20,3)12-11-21(19)26)23(30)17-33-34(32)24(29)6-4-5-15-28/h18-22,24,31,34H,4-17,28-29H2,1-3H3/t18?,19-,20-,21?,22+,24?,25+,26-,27-/m0/s1. The van der Waals surface area contributed by atoms with Gasteiger partial charge in [0.15, 0.2) is 5.78 Å². The van der Waals surface area contributed by atoms with Crippen LogP contribution in [0.3, 0.4) is 0 Å². The summed E-state index contributed by atoms with van der Waals surface area (Å²) in [4.78, 5) is 13.3. The van der Waals surface area contributed by atoms with Crippen molar-refractivity contribution in [3.8, 4) is 0 Å². The van der Waals surface area contributed by atoms with Crippen molar-refractivity contribution in [3.63, 3.8) is 0 Å². The average molecular weight is 497 g/mol. The van der Waals surface area contributed by atoms with Crippen molar-refractivity contribution in [2.45, 2.75) is 109 Å². The van der Waals surface area contributed by atoms with Crippen LogP contribution in [0.5, 0.6) is 0 Å². The molecule has 0 aromatic rings. The highest BCUT2D eigenvalue weighted by molar-refractivity contribution is 7.39. The Labute approximate surface area is 207 Å². The summed E-state index contributed by atoms with van der Waals surface area (Å²) < 4.78 is 18.0. The number of unbranched alkanes of at least 4 members (excludes halogenated alkanes) is 1. The van der Waals surface area contributed by atoms with Gasteiger partial charge < -0.3 is 21.1 Å². The lowest BCUT2D eigenvalue weighted by atomic mass is 9.44. The van der Waals surface area contributed by atoms with E-state index in [0.717, 1.165) is 51.4 Å². The van der Waals surface area contributed by atoms with Crippen LogP contribution in [0.15, 0.2) is 0 Å². The molecule has 4 saturated carbocycles. The fourth-order valence-electron chi connectivity index (χ4n) is 8.94. The average Bonchev–Trinajstić information content (AvgIpc) is 3.15. The Balaban J connectivity index is 1.37. The Hall–Kier alpha value is -0.260. The number of rotatable bonds is 9. The highest BCUT2D eigenvalue weighted by atomic mass is 31.1. The van der Waals surface area contributed by atoms with E-state index < -0.39 is 19.4 Å². The minimum Gasteiger partial charge on any atom is -0.390 e. The third-order valence-electron chi connectivity index (χ3n) is 11.0. The summed E-state index contributed by atoms with van der Waals surface area (Å²) in [5.41, 5.74) is 11.4. The third kappa shape index (κ3) is 4.96. The van der Waals surface area contributed by atoms with Crippen molar-refractivity contribution in [3.05, 3.63) is 0 Å². The molecule has 10 atom stereocenters. The molecule has 4 unspecified atom stereocenters. The van der Waals surface area contributed by atoms with Crippen LogP contribution in [0.1, 0.15) is 97.8 Å². The zero-order valence-corrected chi connectivity index (χ0v) is 22.7. The molecule has 0 amide bonds. The molecule has 0 aromatic heterocycles. The first-order chi connectivity index (χ1) is 16.0. The zero-order valence-electron chi connectivity index (χ0n) is 21.7. The van der Waals surface area contributed by atoms with E-state index >= 15 is 0 Å². The van der Waals surface area contributed by atoms with E-state index in [9.17, 15) is 14.5 Å². The Morgan fingerprint density at radius 3 is 2.50 bits per heavy atom. The van der Waals surface area contributed by atoms with Crippen molar-refractivity contribution in [2.75, 3.05) is 13.2 Å². The molecule has 196 valence electrons. The van der Waals surface area contributed by atoms with Crippen LogP contribution in [0.2, 0.25) is 0 Å². The lowest BCUT2D eigenvalue weighted by Gasteiger charge is -2.61. The summed E-state index contributed by atoms with van der Waals surface area (Å²) in [5, 5.41) is 10.7. The van der Waals surface area contributed by atoms with Crippen LogP contribution >= 0.6 is 8.03 Å². The highest BCUT2D eigenvalue weighted by Gasteiger charge is 2.61. The maximum absolute atomic E-state index is 13.3. The molecule has 0 heterocycles. The first-order valence-electron chi connectivity index (χ1n) is 13.9. The second-order valence-electron chi connectivity index (χ2n) is 13.0. The van der Waals surface area contributed by atoms with E-state index in [1.807, 2.05) is 6.92 Å². The number of carbonyl (C=O) groups excluding carboxylic acids is 1. The number of nitrogens with two attached hydrogens (primary N) is 2. The van der Waals surface area contributed by atoms with Crippen molar-refractivity contribution < 1.29 is 19.0 Å². The van der Waals surface area contributed by atoms with Crippen LogP contribution in [-0.2, 0) is 13.9 Å². The molecule has 34 heavy (non-hydrogen) atoms. The number of aliphatic hydroxyl groups is 1. The van der Waals surface area contributed by atoms with Crippen LogP contribution < -0.4 is 11.5 Å². The van der Waals surface area contributed by atoms with E-state index in [-0.39, 0.29) is 23.7 Å². The minimum absolute atomic E-state index is 0.0133. The van der Waals surface area contributed by atoms with Crippen molar-refractivity contribution in [1.29, 1.82) is 0 Å². The zero-order chi connectivity index (χ0) is 24.7. The smallest absolute Gasteiger partial charge is 0.208 e. The number of hydrogen-bond donors (Lipinski definition) is 3. The molecule has 0 saturated heterocycles. The molecular formula is C27H49N2O4P. The molecule has 0 radical (unpaired) electrons. The molecule has 5 N–H and O–H groups in total. The molecule has 4 aliphatic carbocycles. The lowest BCUT2D eigenvalue weighted by molar-refractivity contribution is -0.151. The number of Topliss-reactive ketones (excluding diaryl/α,β-unsaturated/α-hetero) is 1. The quantitative estimate of drug-likeness (QED) is 0.310. The number of carbonyl (C=O) groups is 1. The predicted molar refractivity (Wildman–Crippen MR) is 137 cm³/mol. The number of ketones is 1. The summed E-state index contributed by atoms with van der Waals surface area (Å²) in [7, 11) is -2.42. The molecule has 7 heteroatoms. The van der Waals surface area contributed by atoms with Crippen molar-refractivity contribution in [1.82, 2.24) is 0 Å². The molecule has 4 aliphatic rings. The molecule has 4 fully saturated rings. The van der Waals surface area contributed by atoms with Gasteiger partial charge in [-0.25, -0.2) is 0 Å². The van der Waals surface area contributed by atoms with Gasteiger partial charge in [0, 0.05) is 5.92 Å². The molecule has 4 rings (SSSR count). The van der Waals surface area contributed by atoms with Gasteiger partial charge in [0.05, 0.1) is 11.4 Å². The summed E-state index contributed by atoms with van der Waals surface area (Å²) in [6.07, 6.45) is 12.1. The molecular weight excluding hydrogens is 447 g/mol. The molecule has 6 nitrogen and oxygen atoms in total. The fourth-order valence-corrected chi connectivity index (χ4v) is 9.87. The highest BCUT2D eigenvalue weighted by Crippen LogP contribution is 2.68. The van der Waals surface area contributed by atoms with Gasteiger partial charge in [-0.15, -0.1) is 0 Å². The summed E-state index contributed by atoms with van der Waals surface area (Å²) >= 11 is 0. The molecule has 0 spiro atoms. The van der Waals surface area contributed by atoms with Gasteiger partial charge in [-0.3, -0.25) is 9.36 Å². The maximum Gasteiger partial charge on any atom is 0.208 e. The normalized spacial score (nSPS) is 45.6. The topological polar surface area (TPSA) is 116 Å². The molecule has 0 bridgehead atoms. The fraction of sp³-hybridized carbons (Fsp3) is 0.963. The van der Waals surface area contributed by atoms with Crippen LogP contribution in [-0.4, -0.2) is 35.4 Å². The second kappa shape index (κ2) is 10.2. The summed E-state index contributed by atoms with van der Waals surface area (Å²) in [6, 6.07) is 0. The van der Waals surface area contributed by atoms with Gasteiger partial charge >= 0.3 is 0 Å². The van der Waals surface area contributed by atoms with Crippen LogP contribution in [0.25, 0.3) is 0 Å². The largest absolute Gasteiger partial charge is 0.390 e. The van der Waals surface area contributed by atoms with E-state index in [4.69, 9.17) is 16.0 Å². The number of fused-ring (bicyclic) bond motifs is 5.